The molecule has 0 atom stereocenters. The monoisotopic (exact) mass is 367 g/mol. The summed E-state index contributed by atoms with van der Waals surface area (Å²) in [5, 5.41) is 0. The van der Waals surface area contributed by atoms with Crippen LogP contribution >= 0.6 is 11.3 Å². The van der Waals surface area contributed by atoms with E-state index in [1.807, 2.05) is 0 Å². The van der Waals surface area contributed by atoms with Crippen molar-refractivity contribution in [1.29, 1.82) is 0 Å². The number of thiophene rings is 1. The van der Waals surface area contributed by atoms with Gasteiger partial charge >= 0.3 is 0 Å². The standard InChI is InChI=1S/C16H17NO5S2/c1-21-12-7-6-11(9-13(12)22-2)24(19,20)17-16(18)15-8-10-4-3-5-14(10)23-15/h6-9H,3-5H2,1-2H3,(H,17,18). The van der Waals surface area contributed by atoms with Crippen LogP contribution in [0.3, 0.4) is 0 Å². The van der Waals surface area contributed by atoms with E-state index in [9.17, 15) is 13.2 Å². The second kappa shape index (κ2) is 6.45. The van der Waals surface area contributed by atoms with Crippen LogP contribution < -0.4 is 14.2 Å². The molecular weight excluding hydrogens is 350 g/mol. The van der Waals surface area contributed by atoms with Crippen molar-refractivity contribution in [2.75, 3.05) is 14.2 Å². The van der Waals surface area contributed by atoms with Crippen molar-refractivity contribution in [3.05, 3.63) is 39.6 Å². The van der Waals surface area contributed by atoms with Crippen molar-refractivity contribution in [2.45, 2.75) is 24.2 Å². The Morgan fingerprint density at radius 2 is 1.88 bits per heavy atom. The maximum atomic E-state index is 12.4. The van der Waals surface area contributed by atoms with Gasteiger partial charge in [-0.05, 0) is 43.0 Å². The van der Waals surface area contributed by atoms with Gasteiger partial charge < -0.3 is 9.47 Å². The van der Waals surface area contributed by atoms with Gasteiger partial charge in [0.05, 0.1) is 24.0 Å². The number of carbonyl (C=O) groups excluding carboxylic acids is 1. The average molecular weight is 367 g/mol. The van der Waals surface area contributed by atoms with E-state index in [4.69, 9.17) is 9.47 Å². The average Bonchev–Trinajstić information content (AvgIpc) is 3.15. The molecule has 1 aromatic carbocycles. The van der Waals surface area contributed by atoms with Crippen LogP contribution in [0.5, 0.6) is 11.5 Å². The Labute approximate surface area is 144 Å². The zero-order valence-corrected chi connectivity index (χ0v) is 14.9. The first-order chi connectivity index (χ1) is 11.4. The number of rotatable bonds is 5. The first kappa shape index (κ1) is 16.8. The van der Waals surface area contributed by atoms with Gasteiger partial charge in [-0.25, -0.2) is 13.1 Å². The predicted molar refractivity (Wildman–Crippen MR) is 90.5 cm³/mol. The summed E-state index contributed by atoms with van der Waals surface area (Å²) in [6.07, 6.45) is 2.99. The number of hydrogen-bond donors (Lipinski definition) is 1. The Bertz CT molecular complexity index is 864. The Morgan fingerprint density at radius 1 is 1.12 bits per heavy atom. The van der Waals surface area contributed by atoms with Gasteiger partial charge in [-0.2, -0.15) is 0 Å². The number of fused-ring (bicyclic) bond motifs is 1. The second-order valence-corrected chi connectivity index (χ2v) is 8.18. The molecule has 1 aliphatic rings. The number of nitrogens with one attached hydrogen (secondary N) is 1. The number of ether oxygens (including phenoxy) is 2. The van der Waals surface area contributed by atoms with Gasteiger partial charge in [-0.1, -0.05) is 0 Å². The van der Waals surface area contributed by atoms with Crippen molar-refractivity contribution >= 4 is 27.3 Å². The predicted octanol–water partition coefficient (Wildman–Crippen LogP) is 2.37. The molecule has 3 rings (SSSR count). The van der Waals surface area contributed by atoms with Crippen LogP contribution in [-0.2, 0) is 22.9 Å². The van der Waals surface area contributed by atoms with Crippen LogP contribution in [0.15, 0.2) is 29.2 Å². The third kappa shape index (κ3) is 3.11. The molecule has 1 amide bonds. The maximum absolute atomic E-state index is 12.4. The highest BCUT2D eigenvalue weighted by Gasteiger charge is 2.24. The minimum atomic E-state index is -3.99. The van der Waals surface area contributed by atoms with Crippen molar-refractivity contribution < 1.29 is 22.7 Å². The normalized spacial score (nSPS) is 13.4. The third-order valence-electron chi connectivity index (χ3n) is 3.86. The van der Waals surface area contributed by atoms with E-state index in [0.717, 1.165) is 24.8 Å². The molecule has 0 spiro atoms. The molecule has 128 valence electrons. The van der Waals surface area contributed by atoms with Crippen LogP contribution in [0, 0.1) is 0 Å². The van der Waals surface area contributed by atoms with E-state index in [1.54, 1.807) is 6.07 Å². The minimum Gasteiger partial charge on any atom is -0.493 e. The van der Waals surface area contributed by atoms with E-state index in [2.05, 4.69) is 4.72 Å². The number of benzene rings is 1. The lowest BCUT2D eigenvalue weighted by molar-refractivity contribution is 0.0985. The van der Waals surface area contributed by atoms with Gasteiger partial charge in [-0.15, -0.1) is 11.3 Å². The molecule has 1 heterocycles. The van der Waals surface area contributed by atoms with Gasteiger partial charge in [0.2, 0.25) is 0 Å². The van der Waals surface area contributed by atoms with Crippen LogP contribution in [0.2, 0.25) is 0 Å². The van der Waals surface area contributed by atoms with Crippen LogP contribution in [0.1, 0.15) is 26.5 Å². The highest BCUT2D eigenvalue weighted by atomic mass is 32.2. The summed E-state index contributed by atoms with van der Waals surface area (Å²) in [5.41, 5.74) is 1.15. The van der Waals surface area contributed by atoms with E-state index in [-0.39, 0.29) is 10.6 Å². The molecule has 8 heteroatoms. The summed E-state index contributed by atoms with van der Waals surface area (Å²) in [6, 6.07) is 5.96. The fraction of sp³-hybridized carbons (Fsp3) is 0.312. The smallest absolute Gasteiger partial charge is 0.275 e. The van der Waals surface area contributed by atoms with Crippen LogP contribution in [0.25, 0.3) is 0 Å². The Balaban J connectivity index is 1.83. The number of amides is 1. The first-order valence-electron chi connectivity index (χ1n) is 7.35. The molecule has 6 nitrogen and oxygen atoms in total. The molecule has 0 bridgehead atoms. The van der Waals surface area contributed by atoms with Crippen molar-refractivity contribution in [3.63, 3.8) is 0 Å². The Morgan fingerprint density at radius 3 is 2.54 bits per heavy atom. The number of aryl methyl sites for hydroxylation is 2. The fourth-order valence-electron chi connectivity index (χ4n) is 2.66. The first-order valence-corrected chi connectivity index (χ1v) is 9.65. The summed E-state index contributed by atoms with van der Waals surface area (Å²) >= 11 is 1.36. The SMILES string of the molecule is COc1ccc(S(=O)(=O)NC(=O)c2cc3c(s2)CCC3)cc1OC. The molecule has 0 saturated carbocycles. The maximum Gasteiger partial charge on any atom is 0.275 e. The van der Waals surface area contributed by atoms with Crippen molar-refractivity contribution in [1.82, 2.24) is 4.72 Å². The summed E-state index contributed by atoms with van der Waals surface area (Å²) in [5.74, 6) is 0.0876. The highest BCUT2D eigenvalue weighted by molar-refractivity contribution is 7.90. The van der Waals surface area contributed by atoms with E-state index < -0.39 is 15.9 Å². The van der Waals surface area contributed by atoms with E-state index in [0.29, 0.717) is 10.6 Å². The van der Waals surface area contributed by atoms with Crippen LogP contribution in [0.4, 0.5) is 0 Å². The molecule has 1 N–H and O–H groups in total. The Kier molecular flexibility index (Phi) is 4.51. The lowest BCUT2D eigenvalue weighted by Gasteiger charge is -2.10. The van der Waals surface area contributed by atoms with Crippen molar-refractivity contribution in [2.24, 2.45) is 0 Å². The summed E-state index contributed by atoms with van der Waals surface area (Å²) in [4.78, 5) is 13.8. The molecule has 0 saturated heterocycles. The molecule has 0 aliphatic heterocycles. The highest BCUT2D eigenvalue weighted by Crippen LogP contribution is 2.31. The molecule has 0 radical (unpaired) electrons. The molecule has 1 aliphatic carbocycles. The number of carbonyl (C=O) groups is 1. The number of hydrogen-bond acceptors (Lipinski definition) is 6. The second-order valence-electron chi connectivity index (χ2n) is 5.36. The van der Waals surface area contributed by atoms with Gasteiger partial charge in [0.15, 0.2) is 11.5 Å². The molecule has 0 unspecified atom stereocenters. The fourth-order valence-corrected chi connectivity index (χ4v) is 4.85. The van der Waals surface area contributed by atoms with Crippen LogP contribution in [-0.4, -0.2) is 28.5 Å². The number of sulfonamides is 1. The molecule has 0 fully saturated rings. The third-order valence-corrected chi connectivity index (χ3v) is 6.43. The summed E-state index contributed by atoms with van der Waals surface area (Å²) in [6.45, 7) is 0. The molecule has 24 heavy (non-hydrogen) atoms. The molecule has 2 aromatic rings. The number of methoxy groups -OCH3 is 2. The topological polar surface area (TPSA) is 81.7 Å². The zero-order chi connectivity index (χ0) is 17.3. The van der Waals surface area contributed by atoms with Crippen molar-refractivity contribution in [3.8, 4) is 11.5 Å². The molecular formula is C16H17NO5S2. The zero-order valence-electron chi connectivity index (χ0n) is 13.3. The van der Waals surface area contributed by atoms with Gasteiger partial charge in [0, 0.05) is 10.9 Å². The minimum absolute atomic E-state index is 0.0578. The lowest BCUT2D eigenvalue weighted by Crippen LogP contribution is -2.30. The van der Waals surface area contributed by atoms with E-state index >= 15 is 0 Å². The summed E-state index contributed by atoms with van der Waals surface area (Å²) < 4.78 is 37.2. The van der Waals surface area contributed by atoms with Gasteiger partial charge in [-0.3, -0.25) is 4.79 Å². The lowest BCUT2D eigenvalue weighted by atomic mass is 10.2. The summed E-state index contributed by atoms with van der Waals surface area (Å²) in [7, 11) is -1.11. The quantitative estimate of drug-likeness (QED) is 0.877. The molecule has 1 aromatic heterocycles. The van der Waals surface area contributed by atoms with Gasteiger partial charge in [0.1, 0.15) is 0 Å². The Hall–Kier alpha value is -2.06. The van der Waals surface area contributed by atoms with E-state index in [1.165, 1.54) is 48.6 Å². The van der Waals surface area contributed by atoms with Gasteiger partial charge in [0.25, 0.3) is 15.9 Å². The largest absolute Gasteiger partial charge is 0.493 e.